The molecule has 0 aliphatic heterocycles. The molecule has 2 aliphatic rings. The Labute approximate surface area is 95.0 Å². The van der Waals surface area contributed by atoms with E-state index in [0.29, 0.717) is 11.0 Å². The predicted molar refractivity (Wildman–Crippen MR) is 66.0 cm³/mol. The van der Waals surface area contributed by atoms with Gasteiger partial charge in [-0.15, -0.1) is 0 Å². The molecule has 1 N–H and O–H groups in total. The predicted octanol–water partition coefficient (Wildman–Crippen LogP) is 3.88. The Morgan fingerprint density at radius 1 is 1.13 bits per heavy atom. The third-order valence-corrected chi connectivity index (χ3v) is 4.97. The summed E-state index contributed by atoms with van der Waals surface area (Å²) in [6.45, 7) is 6.99. The highest BCUT2D eigenvalue weighted by Crippen LogP contribution is 2.52. The molecule has 88 valence electrons. The van der Waals surface area contributed by atoms with Crippen molar-refractivity contribution in [2.24, 2.45) is 5.41 Å². The lowest BCUT2D eigenvalue weighted by atomic mass is 9.57. The molecule has 0 saturated heterocycles. The van der Waals surface area contributed by atoms with Gasteiger partial charge in [0.25, 0.3) is 0 Å². The van der Waals surface area contributed by atoms with Gasteiger partial charge in [-0.3, -0.25) is 0 Å². The highest BCUT2D eigenvalue weighted by atomic mass is 15.0. The fourth-order valence-corrected chi connectivity index (χ4v) is 3.35. The Balaban J connectivity index is 1.93. The molecule has 0 aromatic carbocycles. The molecule has 0 radical (unpaired) electrons. The highest BCUT2D eigenvalue weighted by molar-refractivity contribution is 5.03. The van der Waals surface area contributed by atoms with Crippen LogP contribution in [0.25, 0.3) is 0 Å². The minimum absolute atomic E-state index is 0.343. The molecule has 2 rings (SSSR count). The third-order valence-electron chi connectivity index (χ3n) is 4.97. The first-order chi connectivity index (χ1) is 7.08. The van der Waals surface area contributed by atoms with Crippen LogP contribution in [-0.4, -0.2) is 11.6 Å². The van der Waals surface area contributed by atoms with E-state index >= 15 is 0 Å². The van der Waals surface area contributed by atoms with E-state index in [2.05, 4.69) is 26.1 Å². The van der Waals surface area contributed by atoms with Crippen LogP contribution in [0.4, 0.5) is 0 Å². The maximum Gasteiger partial charge on any atom is 0.0129 e. The first kappa shape index (κ1) is 11.4. The zero-order chi connectivity index (χ0) is 10.9. The van der Waals surface area contributed by atoms with E-state index in [0.717, 1.165) is 6.04 Å². The smallest absolute Gasteiger partial charge is 0.0129 e. The van der Waals surface area contributed by atoms with Crippen LogP contribution < -0.4 is 5.32 Å². The molecule has 0 amide bonds. The summed E-state index contributed by atoms with van der Waals surface area (Å²) in [7, 11) is 0. The van der Waals surface area contributed by atoms with Gasteiger partial charge in [-0.2, -0.15) is 0 Å². The average Bonchev–Trinajstić information content (AvgIpc) is 2.26. The van der Waals surface area contributed by atoms with E-state index in [1.54, 1.807) is 0 Å². The van der Waals surface area contributed by atoms with Crippen molar-refractivity contribution in [1.29, 1.82) is 0 Å². The average molecular weight is 209 g/mol. The lowest BCUT2D eigenvalue weighted by Crippen LogP contribution is -2.59. The molecule has 0 bridgehead atoms. The van der Waals surface area contributed by atoms with Crippen molar-refractivity contribution >= 4 is 0 Å². The van der Waals surface area contributed by atoms with E-state index in [9.17, 15) is 0 Å². The van der Waals surface area contributed by atoms with Crippen molar-refractivity contribution in [3.63, 3.8) is 0 Å². The maximum atomic E-state index is 3.90. The fourth-order valence-electron chi connectivity index (χ4n) is 3.35. The summed E-state index contributed by atoms with van der Waals surface area (Å²) in [5, 5.41) is 3.90. The van der Waals surface area contributed by atoms with Crippen LogP contribution in [0.1, 0.15) is 72.1 Å². The van der Waals surface area contributed by atoms with E-state index in [1.807, 2.05) is 0 Å². The second-order valence-corrected chi connectivity index (χ2v) is 6.40. The highest BCUT2D eigenvalue weighted by Gasteiger charge is 2.47. The number of rotatable bonds is 3. The largest absolute Gasteiger partial charge is 0.309 e. The molecular weight excluding hydrogens is 182 g/mol. The van der Waals surface area contributed by atoms with Crippen LogP contribution in [0.5, 0.6) is 0 Å². The Morgan fingerprint density at radius 3 is 2.27 bits per heavy atom. The van der Waals surface area contributed by atoms with Gasteiger partial charge < -0.3 is 5.32 Å². The normalized spacial score (nSPS) is 30.2. The van der Waals surface area contributed by atoms with Crippen LogP contribution in [0.2, 0.25) is 0 Å². The standard InChI is InChI=1S/C14H27N/c1-4-13(2,3)15-12-8-11-14(12)9-6-5-7-10-14/h12,15H,4-11H2,1-3H3. The number of nitrogens with one attached hydrogen (secondary N) is 1. The minimum Gasteiger partial charge on any atom is -0.309 e. The van der Waals surface area contributed by atoms with Crippen molar-refractivity contribution in [2.45, 2.75) is 83.7 Å². The Bertz CT molecular complexity index is 213. The van der Waals surface area contributed by atoms with Gasteiger partial charge in [0.05, 0.1) is 0 Å². The topological polar surface area (TPSA) is 12.0 Å². The van der Waals surface area contributed by atoms with Crippen molar-refractivity contribution in [3.05, 3.63) is 0 Å². The van der Waals surface area contributed by atoms with E-state index in [-0.39, 0.29) is 0 Å². The van der Waals surface area contributed by atoms with Gasteiger partial charge in [-0.25, -0.2) is 0 Å². The summed E-state index contributed by atoms with van der Waals surface area (Å²) in [5.41, 5.74) is 1.06. The number of hydrogen-bond donors (Lipinski definition) is 1. The van der Waals surface area contributed by atoms with Crippen LogP contribution in [0, 0.1) is 5.41 Å². The van der Waals surface area contributed by atoms with Crippen LogP contribution >= 0.6 is 0 Å². The molecule has 0 heterocycles. The lowest BCUT2D eigenvalue weighted by molar-refractivity contribution is 0.00700. The van der Waals surface area contributed by atoms with E-state index in [4.69, 9.17) is 0 Å². The number of hydrogen-bond acceptors (Lipinski definition) is 1. The molecule has 2 saturated carbocycles. The fraction of sp³-hybridized carbons (Fsp3) is 1.00. The summed E-state index contributed by atoms with van der Waals surface area (Å²) in [6.07, 6.45) is 11.6. The van der Waals surface area contributed by atoms with E-state index in [1.165, 1.54) is 51.4 Å². The Morgan fingerprint density at radius 2 is 1.80 bits per heavy atom. The summed E-state index contributed by atoms with van der Waals surface area (Å²) in [5.74, 6) is 0. The first-order valence-electron chi connectivity index (χ1n) is 6.86. The molecule has 1 atom stereocenters. The van der Waals surface area contributed by atoms with Gasteiger partial charge in [0, 0.05) is 11.6 Å². The quantitative estimate of drug-likeness (QED) is 0.744. The second-order valence-electron chi connectivity index (χ2n) is 6.40. The van der Waals surface area contributed by atoms with Crippen molar-refractivity contribution in [3.8, 4) is 0 Å². The van der Waals surface area contributed by atoms with Gasteiger partial charge in [0.2, 0.25) is 0 Å². The zero-order valence-electron chi connectivity index (χ0n) is 10.7. The van der Waals surface area contributed by atoms with Gasteiger partial charge in [-0.1, -0.05) is 26.2 Å². The van der Waals surface area contributed by atoms with Crippen molar-refractivity contribution in [2.75, 3.05) is 0 Å². The van der Waals surface area contributed by atoms with Crippen LogP contribution in [0.15, 0.2) is 0 Å². The van der Waals surface area contributed by atoms with E-state index < -0.39 is 0 Å². The maximum absolute atomic E-state index is 3.90. The van der Waals surface area contributed by atoms with Crippen LogP contribution in [0.3, 0.4) is 0 Å². The Hall–Kier alpha value is -0.0400. The zero-order valence-corrected chi connectivity index (χ0v) is 10.7. The summed E-state index contributed by atoms with van der Waals surface area (Å²) < 4.78 is 0. The molecule has 1 heteroatoms. The second kappa shape index (κ2) is 4.08. The van der Waals surface area contributed by atoms with Gasteiger partial charge in [0.1, 0.15) is 0 Å². The van der Waals surface area contributed by atoms with Gasteiger partial charge in [0.15, 0.2) is 0 Å². The SMILES string of the molecule is CCC(C)(C)NC1CCC12CCCCC2. The monoisotopic (exact) mass is 209 g/mol. The van der Waals surface area contributed by atoms with Gasteiger partial charge in [-0.05, 0) is 51.4 Å². The summed E-state index contributed by atoms with van der Waals surface area (Å²) in [6, 6.07) is 0.827. The molecule has 1 spiro atoms. The Kier molecular flexibility index (Phi) is 3.12. The molecular formula is C14H27N. The lowest BCUT2D eigenvalue weighted by Gasteiger charge is -2.55. The minimum atomic E-state index is 0.343. The summed E-state index contributed by atoms with van der Waals surface area (Å²) in [4.78, 5) is 0. The molecule has 1 unspecified atom stereocenters. The first-order valence-corrected chi connectivity index (χ1v) is 6.86. The molecule has 0 aromatic heterocycles. The molecule has 1 nitrogen and oxygen atoms in total. The molecule has 2 aliphatic carbocycles. The van der Waals surface area contributed by atoms with Crippen LogP contribution in [-0.2, 0) is 0 Å². The molecule has 2 fully saturated rings. The summed E-state index contributed by atoms with van der Waals surface area (Å²) >= 11 is 0. The molecule has 15 heavy (non-hydrogen) atoms. The molecule has 0 aromatic rings. The third kappa shape index (κ3) is 2.22. The van der Waals surface area contributed by atoms with Crippen molar-refractivity contribution in [1.82, 2.24) is 5.32 Å². The van der Waals surface area contributed by atoms with Crippen molar-refractivity contribution < 1.29 is 0 Å². The van der Waals surface area contributed by atoms with Gasteiger partial charge >= 0.3 is 0 Å².